The quantitative estimate of drug-likeness (QED) is 0.289. The summed E-state index contributed by atoms with van der Waals surface area (Å²) < 4.78 is 8.06. The highest BCUT2D eigenvalue weighted by atomic mass is 35.5. The van der Waals surface area contributed by atoms with Crippen LogP contribution in [0.3, 0.4) is 0 Å². The van der Waals surface area contributed by atoms with Gasteiger partial charge in [-0.3, -0.25) is 14.2 Å². The normalized spacial score (nSPS) is 15.2. The van der Waals surface area contributed by atoms with E-state index in [1.54, 1.807) is 11.1 Å². The topological polar surface area (TPSA) is 92.3 Å². The molecule has 4 heterocycles. The van der Waals surface area contributed by atoms with E-state index in [1.165, 1.54) is 11.3 Å². The minimum atomic E-state index is -0.198. The maximum absolute atomic E-state index is 13.4. The lowest BCUT2D eigenvalue weighted by atomic mass is 10.1. The van der Waals surface area contributed by atoms with Crippen LogP contribution in [-0.2, 0) is 4.79 Å². The monoisotopic (exact) mass is 559 g/mol. The van der Waals surface area contributed by atoms with E-state index in [1.807, 2.05) is 66.1 Å². The molecule has 1 atom stereocenters. The summed E-state index contributed by atoms with van der Waals surface area (Å²) in [5.74, 6) is 1.14. The zero-order valence-electron chi connectivity index (χ0n) is 21.2. The Labute approximate surface area is 233 Å². The number of para-hydroxylation sites is 1. The summed E-state index contributed by atoms with van der Waals surface area (Å²) >= 11 is 7.03. The number of ether oxygens (including phenoxy) is 1. The summed E-state index contributed by atoms with van der Waals surface area (Å²) in [5, 5.41) is 3.96. The van der Waals surface area contributed by atoms with Gasteiger partial charge in [0.15, 0.2) is 0 Å². The van der Waals surface area contributed by atoms with Crippen LogP contribution in [0.25, 0.3) is 33.5 Å². The Morgan fingerprint density at radius 3 is 2.79 bits per heavy atom. The first-order valence-electron chi connectivity index (χ1n) is 12.6. The number of thiophene rings is 1. The van der Waals surface area contributed by atoms with E-state index in [0.29, 0.717) is 35.4 Å². The molecule has 0 spiro atoms. The minimum Gasteiger partial charge on any atom is -0.457 e. The third-order valence-electron chi connectivity index (χ3n) is 6.93. The van der Waals surface area contributed by atoms with Crippen LogP contribution in [0.1, 0.15) is 21.7 Å². The van der Waals surface area contributed by atoms with Gasteiger partial charge in [-0.2, -0.15) is 0 Å². The summed E-state index contributed by atoms with van der Waals surface area (Å²) in [6.45, 7) is 7.36. The Balaban J connectivity index is 1.35. The average Bonchev–Trinajstić information content (AvgIpc) is 3.55. The molecule has 5 aromatic rings. The van der Waals surface area contributed by atoms with Crippen LogP contribution in [0.15, 0.2) is 60.8 Å². The first-order chi connectivity index (χ1) is 18.9. The number of hydrogen-bond donors (Lipinski definition) is 2. The van der Waals surface area contributed by atoms with Crippen molar-refractivity contribution >= 4 is 62.6 Å². The molecule has 1 aliphatic rings. The Kier molecular flexibility index (Phi) is 6.62. The van der Waals surface area contributed by atoms with Crippen molar-refractivity contribution in [2.24, 2.45) is 0 Å². The molecule has 10 heteroatoms. The number of nitrogens with one attached hydrogen (secondary N) is 2. The van der Waals surface area contributed by atoms with Gasteiger partial charge in [0, 0.05) is 25.3 Å². The fraction of sp³-hybridized carbons (Fsp3) is 0.207. The lowest BCUT2D eigenvalue weighted by Crippen LogP contribution is -2.38. The van der Waals surface area contributed by atoms with Gasteiger partial charge in [0.2, 0.25) is 5.91 Å². The van der Waals surface area contributed by atoms with Gasteiger partial charge >= 0.3 is 0 Å². The van der Waals surface area contributed by atoms with Crippen LogP contribution < -0.4 is 15.5 Å². The second-order valence-corrected chi connectivity index (χ2v) is 10.8. The number of nitrogens with zero attached hydrogens (tertiary/aromatic N) is 3. The molecule has 1 saturated heterocycles. The molecule has 0 aliphatic carbocycles. The number of alkyl halides is 1. The van der Waals surface area contributed by atoms with Crippen LogP contribution in [0, 0.1) is 6.92 Å². The molecule has 1 aliphatic heterocycles. The fourth-order valence-electron chi connectivity index (χ4n) is 5.10. The predicted molar refractivity (Wildman–Crippen MR) is 155 cm³/mol. The zero-order chi connectivity index (χ0) is 27.1. The standard InChI is InChI=1S/C29H26ClN5O3S/c1-17-14-21(38-20-6-4-3-5-7-20)8-9-22(17)35-18(2)32-26-25-23(35)10-12-31-29(25)39-27(26)28(37)33-19-11-13-34(16-19)24(36)15-30/h3-10,12,14,19,32H,2,11,13,15-16H2,1H3,(H,33,37)/t19-/m1/s1. The number of benzene rings is 2. The molecular formula is C29H26ClN5O3S. The van der Waals surface area contributed by atoms with Crippen LogP contribution in [0.5, 0.6) is 11.5 Å². The number of pyridine rings is 1. The molecule has 0 bridgehead atoms. The Morgan fingerprint density at radius 2 is 2.03 bits per heavy atom. The van der Waals surface area contributed by atoms with Crippen LogP contribution >= 0.6 is 22.9 Å². The smallest absolute Gasteiger partial charge is 0.263 e. The summed E-state index contributed by atoms with van der Waals surface area (Å²) in [6, 6.07) is 17.4. The van der Waals surface area contributed by atoms with Crippen molar-refractivity contribution < 1.29 is 14.3 Å². The second kappa shape index (κ2) is 10.2. The number of carbonyl (C=O) groups is 2. The van der Waals surface area contributed by atoms with E-state index in [0.717, 1.165) is 38.5 Å². The van der Waals surface area contributed by atoms with Gasteiger partial charge in [-0.15, -0.1) is 22.9 Å². The van der Waals surface area contributed by atoms with Crippen molar-refractivity contribution in [3.8, 4) is 17.2 Å². The van der Waals surface area contributed by atoms with Crippen molar-refractivity contribution in [2.75, 3.05) is 19.0 Å². The molecule has 0 radical (unpaired) electrons. The molecule has 0 saturated carbocycles. The molecule has 6 rings (SSSR count). The van der Waals surface area contributed by atoms with E-state index in [-0.39, 0.29) is 23.7 Å². The van der Waals surface area contributed by atoms with Crippen molar-refractivity contribution in [3.63, 3.8) is 0 Å². The Hall–Kier alpha value is -4.08. The van der Waals surface area contributed by atoms with Gasteiger partial charge in [-0.1, -0.05) is 24.8 Å². The zero-order valence-corrected chi connectivity index (χ0v) is 22.8. The summed E-state index contributed by atoms with van der Waals surface area (Å²) in [4.78, 5) is 36.2. The summed E-state index contributed by atoms with van der Waals surface area (Å²) in [6.07, 6.45) is 2.44. The Morgan fingerprint density at radius 1 is 1.21 bits per heavy atom. The van der Waals surface area contributed by atoms with Crippen molar-refractivity contribution in [3.05, 3.63) is 76.7 Å². The Bertz CT molecular complexity index is 1770. The number of rotatable bonds is 6. The molecule has 2 amide bonds. The molecule has 3 aromatic heterocycles. The number of H-pyrrole nitrogens is 1. The lowest BCUT2D eigenvalue weighted by molar-refractivity contribution is -0.127. The van der Waals surface area contributed by atoms with Crippen molar-refractivity contribution in [1.29, 1.82) is 0 Å². The SMILES string of the molecule is C=c1[nH]c2c(C(=O)N[C@@H]3CCN(C(=O)CCl)C3)sc3nccc(c32)n1-c1ccc(Oc2ccccc2)cc1C. The third kappa shape index (κ3) is 4.68. The maximum Gasteiger partial charge on any atom is 0.263 e. The lowest BCUT2D eigenvalue weighted by Gasteiger charge is -2.17. The number of likely N-dealkylation sites (tertiary alicyclic amines) is 1. The molecule has 1 fully saturated rings. The summed E-state index contributed by atoms with van der Waals surface area (Å²) in [5.41, 5.74) is 4.17. The van der Waals surface area contributed by atoms with Crippen LogP contribution in [-0.4, -0.2) is 56.3 Å². The number of aromatic amines is 1. The van der Waals surface area contributed by atoms with Gasteiger partial charge in [0.25, 0.3) is 5.91 Å². The van der Waals surface area contributed by atoms with Gasteiger partial charge in [0.1, 0.15) is 32.6 Å². The highest BCUT2D eigenvalue weighted by molar-refractivity contribution is 7.21. The average molecular weight is 560 g/mol. The maximum atomic E-state index is 13.4. The van der Waals surface area contributed by atoms with Crippen molar-refractivity contribution in [2.45, 2.75) is 19.4 Å². The number of hydrogen-bond acceptors (Lipinski definition) is 5. The molecule has 0 unspecified atom stereocenters. The summed E-state index contributed by atoms with van der Waals surface area (Å²) in [7, 11) is 0. The highest BCUT2D eigenvalue weighted by Gasteiger charge is 2.29. The van der Waals surface area contributed by atoms with E-state index < -0.39 is 0 Å². The van der Waals surface area contributed by atoms with Crippen LogP contribution in [0.2, 0.25) is 0 Å². The molecule has 2 aromatic carbocycles. The van der Waals surface area contributed by atoms with E-state index in [2.05, 4.69) is 21.9 Å². The van der Waals surface area contributed by atoms with Crippen LogP contribution in [0.4, 0.5) is 0 Å². The molecule has 2 N–H and O–H groups in total. The van der Waals surface area contributed by atoms with Gasteiger partial charge in [0.05, 0.1) is 22.1 Å². The highest BCUT2D eigenvalue weighted by Crippen LogP contribution is 2.34. The third-order valence-corrected chi connectivity index (χ3v) is 8.26. The van der Waals surface area contributed by atoms with Gasteiger partial charge in [-0.05, 0) is 55.3 Å². The number of aromatic nitrogens is 3. The van der Waals surface area contributed by atoms with Gasteiger partial charge < -0.3 is 19.9 Å². The molecule has 8 nitrogen and oxygen atoms in total. The fourth-order valence-corrected chi connectivity index (χ4v) is 6.29. The van der Waals surface area contributed by atoms with E-state index >= 15 is 0 Å². The first-order valence-corrected chi connectivity index (χ1v) is 13.9. The molecule has 39 heavy (non-hydrogen) atoms. The minimum absolute atomic E-state index is 0.0552. The largest absolute Gasteiger partial charge is 0.457 e. The predicted octanol–water partition coefficient (Wildman–Crippen LogP) is 4.93. The molecule has 198 valence electrons. The number of carbonyl (C=O) groups excluding carboxylic acids is 2. The number of halogens is 1. The number of aryl methyl sites for hydroxylation is 1. The van der Waals surface area contributed by atoms with Gasteiger partial charge in [-0.25, -0.2) is 4.98 Å². The van der Waals surface area contributed by atoms with E-state index in [9.17, 15) is 9.59 Å². The first kappa shape index (κ1) is 25.2. The number of amides is 2. The van der Waals surface area contributed by atoms with Crippen molar-refractivity contribution in [1.82, 2.24) is 24.8 Å². The second-order valence-electron chi connectivity index (χ2n) is 9.52. The molecular weight excluding hydrogens is 534 g/mol. The van der Waals surface area contributed by atoms with E-state index in [4.69, 9.17) is 16.3 Å².